The van der Waals surface area contributed by atoms with Crippen molar-refractivity contribution in [2.45, 2.75) is 31.8 Å². The van der Waals surface area contributed by atoms with Crippen LogP contribution in [0.1, 0.15) is 36.0 Å². The minimum atomic E-state index is -0.298. The van der Waals surface area contributed by atoms with Gasteiger partial charge in [0.1, 0.15) is 0 Å². The molecule has 1 atom stereocenters. The van der Waals surface area contributed by atoms with E-state index >= 15 is 0 Å². The second-order valence-corrected chi connectivity index (χ2v) is 5.78. The van der Waals surface area contributed by atoms with Gasteiger partial charge in [-0.3, -0.25) is 9.59 Å². The number of likely N-dealkylation sites (tertiary alicyclic amines) is 1. The Morgan fingerprint density at radius 3 is 2.70 bits per heavy atom. The Bertz CT molecular complexity index is 538. The van der Waals surface area contributed by atoms with Crippen molar-refractivity contribution in [1.29, 1.82) is 0 Å². The molecule has 6 heteroatoms. The lowest BCUT2D eigenvalue weighted by molar-refractivity contribution is -0.118. The summed E-state index contributed by atoms with van der Waals surface area (Å²) in [6.45, 7) is 1.90. The van der Waals surface area contributed by atoms with Crippen LogP contribution < -0.4 is 11.1 Å². The molecule has 1 unspecified atom stereocenters. The number of anilines is 1. The highest BCUT2D eigenvalue weighted by atomic mass is 16.5. The van der Waals surface area contributed by atoms with Crippen LogP contribution in [0.2, 0.25) is 0 Å². The molecule has 1 aliphatic heterocycles. The van der Waals surface area contributed by atoms with Crippen molar-refractivity contribution < 1.29 is 14.3 Å². The van der Waals surface area contributed by atoms with Crippen LogP contribution in [0.3, 0.4) is 0 Å². The smallest absolute Gasteiger partial charge is 0.253 e. The molecular formula is C17H25N3O3. The molecule has 2 rings (SSSR count). The summed E-state index contributed by atoms with van der Waals surface area (Å²) in [7, 11) is 1.53. The van der Waals surface area contributed by atoms with Crippen molar-refractivity contribution in [3.63, 3.8) is 0 Å². The fraction of sp³-hybridized carbons (Fsp3) is 0.529. The second-order valence-electron chi connectivity index (χ2n) is 5.78. The van der Waals surface area contributed by atoms with Crippen molar-refractivity contribution in [2.24, 2.45) is 5.73 Å². The van der Waals surface area contributed by atoms with Gasteiger partial charge in [-0.05, 0) is 37.5 Å². The Morgan fingerprint density at radius 1 is 1.30 bits per heavy atom. The summed E-state index contributed by atoms with van der Waals surface area (Å²) >= 11 is 0. The van der Waals surface area contributed by atoms with E-state index in [-0.39, 0.29) is 30.9 Å². The van der Waals surface area contributed by atoms with Crippen molar-refractivity contribution in [3.05, 3.63) is 29.8 Å². The van der Waals surface area contributed by atoms with E-state index in [0.29, 0.717) is 11.3 Å². The van der Waals surface area contributed by atoms with Crippen LogP contribution >= 0.6 is 0 Å². The summed E-state index contributed by atoms with van der Waals surface area (Å²) in [6, 6.07) is 7.06. The van der Waals surface area contributed by atoms with Gasteiger partial charge in [0, 0.05) is 38.0 Å². The number of carbonyl (C=O) groups excluding carboxylic acids is 2. The molecule has 6 nitrogen and oxygen atoms in total. The number of hydrogen-bond acceptors (Lipinski definition) is 4. The van der Waals surface area contributed by atoms with Gasteiger partial charge < -0.3 is 20.7 Å². The molecule has 0 spiro atoms. The number of amides is 2. The topological polar surface area (TPSA) is 84.7 Å². The van der Waals surface area contributed by atoms with Crippen molar-refractivity contribution in [1.82, 2.24) is 4.90 Å². The van der Waals surface area contributed by atoms with Gasteiger partial charge in [0.25, 0.3) is 5.91 Å². The Labute approximate surface area is 137 Å². The van der Waals surface area contributed by atoms with Gasteiger partial charge in [0.05, 0.1) is 12.5 Å². The molecule has 1 aromatic carbocycles. The fourth-order valence-electron chi connectivity index (χ4n) is 2.69. The number of benzene rings is 1. The van der Waals surface area contributed by atoms with E-state index in [4.69, 9.17) is 10.5 Å². The second kappa shape index (κ2) is 8.64. The molecule has 126 valence electrons. The van der Waals surface area contributed by atoms with E-state index in [9.17, 15) is 9.59 Å². The molecule has 0 saturated carbocycles. The molecule has 3 N–H and O–H groups in total. The normalized spacial score (nSPS) is 16.0. The number of methoxy groups -OCH3 is 1. The number of nitrogens with one attached hydrogen (secondary N) is 1. The summed E-state index contributed by atoms with van der Waals surface area (Å²) in [6.07, 6.45) is 3.19. The lowest BCUT2D eigenvalue weighted by Gasteiger charge is -2.26. The summed E-state index contributed by atoms with van der Waals surface area (Å²) in [4.78, 5) is 26.3. The first kappa shape index (κ1) is 17.4. The fourth-order valence-corrected chi connectivity index (χ4v) is 2.69. The van der Waals surface area contributed by atoms with E-state index in [1.54, 1.807) is 24.3 Å². The van der Waals surface area contributed by atoms with E-state index < -0.39 is 0 Å². The SMILES string of the molecule is COC(CN)CC(=O)Nc1cccc(C(=O)N2CCCCC2)c1. The quantitative estimate of drug-likeness (QED) is 0.834. The van der Waals surface area contributed by atoms with E-state index in [0.717, 1.165) is 25.9 Å². The third-order valence-corrected chi connectivity index (χ3v) is 4.05. The van der Waals surface area contributed by atoms with Crippen LogP contribution in [0.25, 0.3) is 0 Å². The molecule has 1 heterocycles. The van der Waals surface area contributed by atoms with Crippen LogP contribution in [0.4, 0.5) is 5.69 Å². The average molecular weight is 319 g/mol. The van der Waals surface area contributed by atoms with E-state index in [1.165, 1.54) is 13.5 Å². The Morgan fingerprint density at radius 2 is 2.04 bits per heavy atom. The minimum absolute atomic E-state index is 0.0255. The van der Waals surface area contributed by atoms with Crippen LogP contribution in [-0.2, 0) is 9.53 Å². The largest absolute Gasteiger partial charge is 0.380 e. The Kier molecular flexibility index (Phi) is 6.55. The predicted octanol–water partition coefficient (Wildman–Crippen LogP) is 1.61. The number of ether oxygens (including phenoxy) is 1. The molecule has 1 fully saturated rings. The maximum Gasteiger partial charge on any atom is 0.253 e. The molecular weight excluding hydrogens is 294 g/mol. The zero-order chi connectivity index (χ0) is 16.7. The average Bonchev–Trinajstić information content (AvgIpc) is 2.60. The van der Waals surface area contributed by atoms with Gasteiger partial charge in [-0.1, -0.05) is 6.07 Å². The number of nitrogens with two attached hydrogens (primary N) is 1. The molecule has 0 bridgehead atoms. The number of carbonyl (C=O) groups is 2. The van der Waals surface area contributed by atoms with Crippen molar-refractivity contribution >= 4 is 17.5 Å². The summed E-state index contributed by atoms with van der Waals surface area (Å²) in [5, 5.41) is 2.79. The third-order valence-electron chi connectivity index (χ3n) is 4.05. The van der Waals surface area contributed by atoms with E-state index in [1.807, 2.05) is 4.90 Å². The van der Waals surface area contributed by atoms with Gasteiger partial charge in [-0.2, -0.15) is 0 Å². The van der Waals surface area contributed by atoms with Crippen LogP contribution in [-0.4, -0.2) is 49.6 Å². The molecule has 2 amide bonds. The first-order valence-electron chi connectivity index (χ1n) is 8.06. The number of piperidine rings is 1. The first-order chi connectivity index (χ1) is 11.1. The first-order valence-corrected chi connectivity index (χ1v) is 8.06. The maximum absolute atomic E-state index is 12.5. The molecule has 1 aliphatic rings. The number of rotatable bonds is 6. The third kappa shape index (κ3) is 5.04. The minimum Gasteiger partial charge on any atom is -0.380 e. The number of hydrogen-bond donors (Lipinski definition) is 2. The molecule has 1 aromatic rings. The van der Waals surface area contributed by atoms with Crippen LogP contribution in [0, 0.1) is 0 Å². The highest BCUT2D eigenvalue weighted by molar-refractivity contribution is 5.97. The van der Waals surface area contributed by atoms with Gasteiger partial charge in [0.15, 0.2) is 0 Å². The molecule has 0 aromatic heterocycles. The summed E-state index contributed by atoms with van der Waals surface area (Å²) in [5.74, 6) is -0.151. The number of nitrogens with zero attached hydrogens (tertiary/aromatic N) is 1. The Hall–Kier alpha value is -1.92. The summed E-state index contributed by atoms with van der Waals surface area (Å²) < 4.78 is 5.10. The highest BCUT2D eigenvalue weighted by Crippen LogP contribution is 2.16. The molecule has 23 heavy (non-hydrogen) atoms. The standard InChI is InChI=1S/C17H25N3O3/c1-23-15(12-18)11-16(21)19-14-7-5-6-13(10-14)17(22)20-8-3-2-4-9-20/h5-7,10,15H,2-4,8-9,11-12,18H2,1H3,(H,19,21). The highest BCUT2D eigenvalue weighted by Gasteiger charge is 2.18. The van der Waals surface area contributed by atoms with Crippen LogP contribution in [0.15, 0.2) is 24.3 Å². The van der Waals surface area contributed by atoms with Gasteiger partial charge >= 0.3 is 0 Å². The van der Waals surface area contributed by atoms with E-state index in [2.05, 4.69) is 5.32 Å². The maximum atomic E-state index is 12.5. The Balaban J connectivity index is 1.98. The van der Waals surface area contributed by atoms with Gasteiger partial charge in [0.2, 0.25) is 5.91 Å². The zero-order valence-corrected chi connectivity index (χ0v) is 13.6. The predicted molar refractivity (Wildman–Crippen MR) is 89.3 cm³/mol. The lowest BCUT2D eigenvalue weighted by atomic mass is 10.1. The van der Waals surface area contributed by atoms with Gasteiger partial charge in [-0.15, -0.1) is 0 Å². The van der Waals surface area contributed by atoms with Gasteiger partial charge in [-0.25, -0.2) is 0 Å². The molecule has 1 saturated heterocycles. The lowest BCUT2D eigenvalue weighted by Crippen LogP contribution is -2.35. The monoisotopic (exact) mass is 319 g/mol. The molecule has 0 radical (unpaired) electrons. The van der Waals surface area contributed by atoms with Crippen molar-refractivity contribution in [3.8, 4) is 0 Å². The zero-order valence-electron chi connectivity index (χ0n) is 13.6. The van der Waals surface area contributed by atoms with Crippen molar-refractivity contribution in [2.75, 3.05) is 32.1 Å². The summed E-state index contributed by atoms with van der Waals surface area (Å²) in [5.41, 5.74) is 6.74. The van der Waals surface area contributed by atoms with Crippen LogP contribution in [0.5, 0.6) is 0 Å². The molecule has 0 aliphatic carbocycles.